The van der Waals surface area contributed by atoms with Crippen LogP contribution >= 0.6 is 23.4 Å². The van der Waals surface area contributed by atoms with Crippen LogP contribution in [0, 0.1) is 0 Å². The average molecular weight is 390 g/mol. The normalized spacial score (nSPS) is 12.0. The van der Waals surface area contributed by atoms with Crippen LogP contribution in [0.15, 0.2) is 53.7 Å². The van der Waals surface area contributed by atoms with Gasteiger partial charge in [0.2, 0.25) is 0 Å². The maximum Gasteiger partial charge on any atom is 0.191 e. The van der Waals surface area contributed by atoms with E-state index in [1.54, 1.807) is 24.9 Å². The summed E-state index contributed by atoms with van der Waals surface area (Å²) in [4.78, 5) is 0. The van der Waals surface area contributed by atoms with E-state index in [1.165, 1.54) is 5.56 Å². The van der Waals surface area contributed by atoms with Crippen LogP contribution in [0.3, 0.4) is 0 Å². The summed E-state index contributed by atoms with van der Waals surface area (Å²) in [6, 6.07) is 15.4. The summed E-state index contributed by atoms with van der Waals surface area (Å²) < 4.78 is 13.2. The Balaban J connectivity index is 1.68. The Labute approximate surface area is 162 Å². The fourth-order valence-electron chi connectivity index (χ4n) is 2.50. The van der Waals surface area contributed by atoms with Gasteiger partial charge in [-0.15, -0.1) is 10.2 Å². The van der Waals surface area contributed by atoms with Crippen molar-refractivity contribution in [2.24, 2.45) is 7.05 Å². The molecule has 0 aliphatic rings. The van der Waals surface area contributed by atoms with Crippen molar-refractivity contribution in [1.29, 1.82) is 0 Å². The standard InChI is InChI=1S/C19H20ClN3O2S/c1-13(25-17-10-5-4-9-16(17)20)18-21-22-19(23(18)2)26-12-14-7-6-8-15(11-14)24-3/h4-11,13H,12H2,1-3H3. The second kappa shape index (κ2) is 8.47. The van der Waals surface area contributed by atoms with Crippen LogP contribution in [-0.2, 0) is 12.8 Å². The smallest absolute Gasteiger partial charge is 0.191 e. The quantitative estimate of drug-likeness (QED) is 0.537. The number of thioether (sulfide) groups is 1. The molecule has 1 atom stereocenters. The van der Waals surface area contributed by atoms with Gasteiger partial charge in [-0.25, -0.2) is 0 Å². The average Bonchev–Trinajstić information content (AvgIpc) is 3.02. The van der Waals surface area contributed by atoms with Crippen molar-refractivity contribution in [3.05, 3.63) is 64.9 Å². The summed E-state index contributed by atoms with van der Waals surface area (Å²) in [6.45, 7) is 1.93. The number of methoxy groups -OCH3 is 1. The molecule has 3 rings (SSSR count). The lowest BCUT2D eigenvalue weighted by Crippen LogP contribution is -2.10. The monoisotopic (exact) mass is 389 g/mol. The van der Waals surface area contributed by atoms with Crippen LogP contribution in [0.5, 0.6) is 11.5 Å². The third-order valence-corrected chi connectivity index (χ3v) is 5.28. The fourth-order valence-corrected chi connectivity index (χ4v) is 3.54. The molecule has 3 aromatic rings. The van der Waals surface area contributed by atoms with Gasteiger partial charge in [-0.3, -0.25) is 0 Å². The summed E-state index contributed by atoms with van der Waals surface area (Å²) in [5.74, 6) is 3.01. The molecule has 0 radical (unpaired) electrons. The molecular weight excluding hydrogens is 370 g/mol. The molecule has 1 aromatic heterocycles. The van der Waals surface area contributed by atoms with E-state index in [9.17, 15) is 0 Å². The Kier molecular flexibility index (Phi) is 6.06. The molecule has 2 aromatic carbocycles. The number of nitrogens with zero attached hydrogens (tertiary/aromatic N) is 3. The molecule has 0 saturated heterocycles. The summed E-state index contributed by atoms with van der Waals surface area (Å²) in [5, 5.41) is 9.99. The predicted molar refractivity (Wildman–Crippen MR) is 104 cm³/mol. The Morgan fingerprint density at radius 3 is 2.73 bits per heavy atom. The number of hydrogen-bond donors (Lipinski definition) is 0. The third kappa shape index (κ3) is 4.31. The van der Waals surface area contributed by atoms with E-state index < -0.39 is 0 Å². The van der Waals surface area contributed by atoms with Crippen LogP contribution in [-0.4, -0.2) is 21.9 Å². The van der Waals surface area contributed by atoms with Gasteiger partial charge >= 0.3 is 0 Å². The summed E-state index contributed by atoms with van der Waals surface area (Å²) in [5.41, 5.74) is 1.17. The summed E-state index contributed by atoms with van der Waals surface area (Å²) >= 11 is 7.78. The highest BCUT2D eigenvalue weighted by Gasteiger charge is 2.18. The number of aromatic nitrogens is 3. The zero-order valence-corrected chi connectivity index (χ0v) is 16.4. The molecule has 26 heavy (non-hydrogen) atoms. The van der Waals surface area contributed by atoms with Crippen molar-refractivity contribution in [2.45, 2.75) is 23.9 Å². The highest BCUT2D eigenvalue weighted by molar-refractivity contribution is 7.98. The molecule has 0 saturated carbocycles. The highest BCUT2D eigenvalue weighted by atomic mass is 35.5. The lowest BCUT2D eigenvalue weighted by Gasteiger charge is -2.15. The van der Waals surface area contributed by atoms with Crippen molar-refractivity contribution in [2.75, 3.05) is 7.11 Å². The Bertz CT molecular complexity index is 885. The molecule has 7 heteroatoms. The molecule has 136 valence electrons. The molecule has 0 amide bonds. The van der Waals surface area contributed by atoms with E-state index in [4.69, 9.17) is 21.1 Å². The molecule has 5 nitrogen and oxygen atoms in total. The van der Waals surface area contributed by atoms with Gasteiger partial charge in [0.05, 0.1) is 12.1 Å². The minimum Gasteiger partial charge on any atom is -0.497 e. The SMILES string of the molecule is COc1cccc(CSc2nnc(C(C)Oc3ccccc3Cl)n2C)c1. The first-order chi connectivity index (χ1) is 12.6. The second-order valence-corrected chi connectivity index (χ2v) is 7.08. The Hall–Kier alpha value is -2.18. The van der Waals surface area contributed by atoms with Crippen molar-refractivity contribution < 1.29 is 9.47 Å². The van der Waals surface area contributed by atoms with Crippen LogP contribution in [0.1, 0.15) is 24.4 Å². The van der Waals surface area contributed by atoms with E-state index in [0.29, 0.717) is 10.8 Å². The first kappa shape index (κ1) is 18.6. The Morgan fingerprint density at radius 2 is 1.96 bits per heavy atom. The van der Waals surface area contributed by atoms with E-state index in [2.05, 4.69) is 16.3 Å². The first-order valence-electron chi connectivity index (χ1n) is 8.14. The van der Waals surface area contributed by atoms with Gasteiger partial charge in [-0.05, 0) is 36.8 Å². The molecular formula is C19H20ClN3O2S. The molecule has 0 aliphatic heterocycles. The minimum absolute atomic E-state index is 0.265. The van der Waals surface area contributed by atoms with Crippen LogP contribution in [0.25, 0.3) is 0 Å². The molecule has 0 aliphatic carbocycles. The molecule has 0 spiro atoms. The van der Waals surface area contributed by atoms with Crippen LogP contribution in [0.4, 0.5) is 0 Å². The lowest BCUT2D eigenvalue weighted by atomic mass is 10.2. The predicted octanol–water partition coefficient (Wildman–Crippen LogP) is 4.91. The van der Waals surface area contributed by atoms with E-state index in [-0.39, 0.29) is 6.10 Å². The van der Waals surface area contributed by atoms with Gasteiger partial charge in [0.25, 0.3) is 0 Å². The number of rotatable bonds is 7. The van der Waals surface area contributed by atoms with Crippen molar-refractivity contribution in [3.63, 3.8) is 0 Å². The van der Waals surface area contributed by atoms with Crippen molar-refractivity contribution >= 4 is 23.4 Å². The first-order valence-corrected chi connectivity index (χ1v) is 9.51. The van der Waals surface area contributed by atoms with E-state index >= 15 is 0 Å². The molecule has 0 N–H and O–H groups in total. The number of ether oxygens (including phenoxy) is 2. The Morgan fingerprint density at radius 1 is 1.15 bits per heavy atom. The van der Waals surface area contributed by atoms with Gasteiger partial charge in [-0.1, -0.05) is 47.6 Å². The van der Waals surface area contributed by atoms with Gasteiger partial charge in [0.1, 0.15) is 11.5 Å². The minimum atomic E-state index is -0.265. The van der Waals surface area contributed by atoms with Gasteiger partial charge < -0.3 is 14.0 Å². The topological polar surface area (TPSA) is 49.2 Å². The number of benzene rings is 2. The zero-order chi connectivity index (χ0) is 18.5. The number of para-hydroxylation sites is 1. The summed E-state index contributed by atoms with van der Waals surface area (Å²) in [7, 11) is 3.61. The van der Waals surface area contributed by atoms with Gasteiger partial charge in [0.15, 0.2) is 17.1 Å². The van der Waals surface area contributed by atoms with Crippen LogP contribution < -0.4 is 9.47 Å². The van der Waals surface area contributed by atoms with Gasteiger partial charge in [0, 0.05) is 12.8 Å². The van der Waals surface area contributed by atoms with Crippen molar-refractivity contribution in [3.8, 4) is 11.5 Å². The number of hydrogen-bond acceptors (Lipinski definition) is 5. The van der Waals surface area contributed by atoms with E-state index in [1.807, 2.05) is 54.9 Å². The second-order valence-electron chi connectivity index (χ2n) is 5.73. The molecule has 0 bridgehead atoms. The summed E-state index contributed by atoms with van der Waals surface area (Å²) in [6.07, 6.45) is -0.265. The zero-order valence-electron chi connectivity index (χ0n) is 14.8. The molecule has 0 fully saturated rings. The largest absolute Gasteiger partial charge is 0.497 e. The number of halogens is 1. The maximum atomic E-state index is 6.16. The van der Waals surface area contributed by atoms with E-state index in [0.717, 1.165) is 22.5 Å². The maximum absolute atomic E-state index is 6.16. The molecule has 1 heterocycles. The molecule has 1 unspecified atom stereocenters. The fraction of sp³-hybridized carbons (Fsp3) is 0.263. The van der Waals surface area contributed by atoms with Gasteiger partial charge in [-0.2, -0.15) is 0 Å². The van der Waals surface area contributed by atoms with Crippen molar-refractivity contribution in [1.82, 2.24) is 14.8 Å². The third-order valence-electron chi connectivity index (χ3n) is 3.87. The lowest BCUT2D eigenvalue weighted by molar-refractivity contribution is 0.211. The van der Waals surface area contributed by atoms with Crippen LogP contribution in [0.2, 0.25) is 5.02 Å². The highest BCUT2D eigenvalue weighted by Crippen LogP contribution is 2.29.